The van der Waals surface area contributed by atoms with E-state index in [-0.39, 0.29) is 0 Å². The van der Waals surface area contributed by atoms with E-state index in [0.717, 1.165) is 17.3 Å². The van der Waals surface area contributed by atoms with Gasteiger partial charge in [0.2, 0.25) is 0 Å². The summed E-state index contributed by atoms with van der Waals surface area (Å²) in [5.41, 5.74) is 1.05. The normalized spacial score (nSPS) is 32.2. The number of thioether (sulfide) groups is 1. The van der Waals surface area contributed by atoms with Crippen molar-refractivity contribution in [2.75, 3.05) is 11.6 Å². The van der Waals surface area contributed by atoms with Gasteiger partial charge in [-0.15, -0.1) is 11.8 Å². The highest BCUT2D eigenvalue weighted by Crippen LogP contribution is 2.29. The molecule has 4 nitrogen and oxygen atoms in total. The predicted octanol–water partition coefficient (Wildman–Crippen LogP) is 0.611. The van der Waals surface area contributed by atoms with Crippen LogP contribution in [-0.2, 0) is 9.53 Å². The highest BCUT2D eigenvalue weighted by Gasteiger charge is 2.31. The lowest BCUT2D eigenvalue weighted by Crippen LogP contribution is -2.37. The average molecular weight is 201 g/mol. The van der Waals surface area contributed by atoms with Gasteiger partial charge in [-0.25, -0.2) is 4.79 Å². The van der Waals surface area contributed by atoms with Gasteiger partial charge in [-0.2, -0.15) is 0 Å². The van der Waals surface area contributed by atoms with Crippen molar-refractivity contribution in [3.63, 3.8) is 0 Å². The van der Waals surface area contributed by atoms with E-state index in [4.69, 9.17) is 9.84 Å². The summed E-state index contributed by atoms with van der Waals surface area (Å²) in [4.78, 5) is 10.6. The number of nitrogens with one attached hydrogen (secondary N) is 1. The standard InChI is InChI=1S/C8H11NO3S/c10-8(11)7-1-5-3-13-4-9-6(5)2-12-7/h2,5,7,9H,1,3-4H2,(H,10,11). The molecule has 2 unspecified atom stereocenters. The Kier molecular flexibility index (Phi) is 2.35. The number of ether oxygens (including phenoxy) is 1. The smallest absolute Gasteiger partial charge is 0.344 e. The van der Waals surface area contributed by atoms with E-state index in [0.29, 0.717) is 12.3 Å². The molecule has 0 radical (unpaired) electrons. The molecule has 0 amide bonds. The predicted molar refractivity (Wildman–Crippen MR) is 49.2 cm³/mol. The van der Waals surface area contributed by atoms with Crippen LogP contribution in [0.3, 0.4) is 0 Å². The van der Waals surface area contributed by atoms with Crippen LogP contribution in [0.25, 0.3) is 0 Å². The molecular weight excluding hydrogens is 190 g/mol. The van der Waals surface area contributed by atoms with Gasteiger partial charge in [0.25, 0.3) is 0 Å². The van der Waals surface area contributed by atoms with Gasteiger partial charge in [-0.05, 0) is 0 Å². The van der Waals surface area contributed by atoms with Crippen molar-refractivity contribution in [2.24, 2.45) is 5.92 Å². The minimum atomic E-state index is -0.870. The highest BCUT2D eigenvalue weighted by atomic mass is 32.2. The Labute approximate surface area is 80.3 Å². The summed E-state index contributed by atoms with van der Waals surface area (Å²) in [6.07, 6.45) is 1.49. The van der Waals surface area contributed by atoms with E-state index in [9.17, 15) is 4.79 Å². The largest absolute Gasteiger partial charge is 0.485 e. The zero-order chi connectivity index (χ0) is 9.26. The second-order valence-electron chi connectivity index (χ2n) is 3.16. The van der Waals surface area contributed by atoms with Gasteiger partial charge in [-0.3, -0.25) is 0 Å². The third-order valence-electron chi connectivity index (χ3n) is 2.27. The summed E-state index contributed by atoms with van der Waals surface area (Å²) in [6.45, 7) is 0. The summed E-state index contributed by atoms with van der Waals surface area (Å²) < 4.78 is 5.08. The van der Waals surface area contributed by atoms with Crippen LogP contribution in [-0.4, -0.2) is 28.8 Å². The van der Waals surface area contributed by atoms with Gasteiger partial charge < -0.3 is 15.2 Å². The maximum Gasteiger partial charge on any atom is 0.344 e. The number of aliphatic carboxylic acids is 1. The molecule has 13 heavy (non-hydrogen) atoms. The van der Waals surface area contributed by atoms with Gasteiger partial charge in [-0.1, -0.05) is 0 Å². The van der Waals surface area contributed by atoms with E-state index < -0.39 is 12.1 Å². The van der Waals surface area contributed by atoms with Crippen molar-refractivity contribution in [1.82, 2.24) is 5.32 Å². The minimum Gasteiger partial charge on any atom is -0.485 e. The molecule has 0 aromatic heterocycles. The van der Waals surface area contributed by atoms with Crippen LogP contribution < -0.4 is 5.32 Å². The monoisotopic (exact) mass is 201 g/mol. The third-order valence-corrected chi connectivity index (χ3v) is 3.26. The Bertz CT molecular complexity index is 254. The molecule has 2 aliphatic heterocycles. The fourth-order valence-electron chi connectivity index (χ4n) is 1.53. The van der Waals surface area contributed by atoms with E-state index in [1.54, 1.807) is 18.0 Å². The Morgan fingerprint density at radius 2 is 2.62 bits per heavy atom. The molecule has 0 aromatic carbocycles. The van der Waals surface area contributed by atoms with Crippen LogP contribution in [0.4, 0.5) is 0 Å². The molecule has 5 heteroatoms. The zero-order valence-electron chi connectivity index (χ0n) is 7.03. The highest BCUT2D eigenvalue weighted by molar-refractivity contribution is 7.99. The number of fused-ring (bicyclic) bond motifs is 1. The van der Waals surface area contributed by atoms with Gasteiger partial charge in [0.05, 0.1) is 11.6 Å². The molecule has 0 spiro atoms. The first-order valence-corrected chi connectivity index (χ1v) is 5.33. The van der Waals surface area contributed by atoms with Crippen LogP contribution in [0.1, 0.15) is 6.42 Å². The van der Waals surface area contributed by atoms with E-state index >= 15 is 0 Å². The maximum absolute atomic E-state index is 10.6. The molecule has 2 heterocycles. The summed E-state index contributed by atoms with van der Waals surface area (Å²) in [5, 5.41) is 11.9. The Hall–Kier alpha value is -0.840. The van der Waals surface area contributed by atoms with Gasteiger partial charge in [0, 0.05) is 18.1 Å². The van der Waals surface area contributed by atoms with E-state index in [2.05, 4.69) is 5.32 Å². The van der Waals surface area contributed by atoms with Crippen LogP contribution in [0, 0.1) is 5.92 Å². The molecule has 72 valence electrons. The quantitative estimate of drug-likeness (QED) is 0.651. The van der Waals surface area contributed by atoms with E-state index in [1.807, 2.05) is 0 Å². The Morgan fingerprint density at radius 3 is 3.38 bits per heavy atom. The molecule has 2 aliphatic rings. The summed E-state index contributed by atoms with van der Waals surface area (Å²) in [6, 6.07) is 0. The van der Waals surface area contributed by atoms with Gasteiger partial charge >= 0.3 is 5.97 Å². The fourth-order valence-corrected chi connectivity index (χ4v) is 2.52. The first kappa shape index (κ1) is 8.74. The third kappa shape index (κ3) is 1.75. The molecule has 0 bridgehead atoms. The molecule has 2 N–H and O–H groups in total. The molecule has 0 aromatic rings. The molecular formula is C8H11NO3S. The number of allylic oxidation sites excluding steroid dienone is 1. The summed E-state index contributed by atoms with van der Waals surface area (Å²) in [5.74, 6) is 1.34. The first-order valence-electron chi connectivity index (χ1n) is 4.17. The molecule has 2 rings (SSSR count). The average Bonchev–Trinajstić information content (AvgIpc) is 2.17. The Morgan fingerprint density at radius 1 is 1.77 bits per heavy atom. The number of hydrogen-bond acceptors (Lipinski definition) is 4. The zero-order valence-corrected chi connectivity index (χ0v) is 7.84. The van der Waals surface area contributed by atoms with Crippen LogP contribution in [0.15, 0.2) is 12.0 Å². The molecule has 0 saturated carbocycles. The number of carboxylic acid groups (broad SMARTS) is 1. The Balaban J connectivity index is 2.07. The van der Waals surface area contributed by atoms with Crippen molar-refractivity contribution in [3.05, 3.63) is 12.0 Å². The molecule has 1 saturated heterocycles. The van der Waals surface area contributed by atoms with Crippen molar-refractivity contribution in [2.45, 2.75) is 12.5 Å². The molecule has 2 atom stereocenters. The SMILES string of the molecule is O=C(O)C1CC2CSCNC2=CO1. The molecule has 1 fully saturated rings. The summed E-state index contributed by atoms with van der Waals surface area (Å²) in [7, 11) is 0. The number of carboxylic acids is 1. The number of carbonyl (C=O) groups is 1. The minimum absolute atomic E-state index is 0.327. The van der Waals surface area contributed by atoms with Crippen molar-refractivity contribution in [3.8, 4) is 0 Å². The second-order valence-corrected chi connectivity index (χ2v) is 4.19. The van der Waals surface area contributed by atoms with Crippen LogP contribution in [0.5, 0.6) is 0 Å². The maximum atomic E-state index is 10.6. The van der Waals surface area contributed by atoms with Crippen molar-refractivity contribution < 1.29 is 14.6 Å². The van der Waals surface area contributed by atoms with Crippen LogP contribution in [0.2, 0.25) is 0 Å². The van der Waals surface area contributed by atoms with Crippen molar-refractivity contribution >= 4 is 17.7 Å². The second kappa shape index (κ2) is 3.49. The molecule has 0 aliphatic carbocycles. The number of hydrogen-bond donors (Lipinski definition) is 2. The summed E-state index contributed by atoms with van der Waals surface area (Å²) >= 11 is 1.79. The first-order chi connectivity index (χ1) is 6.27. The van der Waals surface area contributed by atoms with Gasteiger partial charge in [0.1, 0.15) is 6.26 Å². The van der Waals surface area contributed by atoms with Crippen LogP contribution >= 0.6 is 11.8 Å². The lowest BCUT2D eigenvalue weighted by Gasteiger charge is -2.31. The van der Waals surface area contributed by atoms with E-state index in [1.165, 1.54) is 0 Å². The topological polar surface area (TPSA) is 58.6 Å². The lowest BCUT2D eigenvalue weighted by atomic mass is 9.98. The number of rotatable bonds is 1. The fraction of sp³-hybridized carbons (Fsp3) is 0.625. The lowest BCUT2D eigenvalue weighted by molar-refractivity contribution is -0.148. The van der Waals surface area contributed by atoms with Crippen molar-refractivity contribution in [1.29, 1.82) is 0 Å². The van der Waals surface area contributed by atoms with Gasteiger partial charge in [0.15, 0.2) is 6.10 Å².